The van der Waals surface area contributed by atoms with Crippen molar-refractivity contribution in [1.82, 2.24) is 15.6 Å². The maximum absolute atomic E-state index is 12.6. The van der Waals surface area contributed by atoms with Crippen LogP contribution < -0.4 is 10.6 Å². The van der Waals surface area contributed by atoms with E-state index in [1.165, 1.54) is 12.1 Å². The third-order valence-corrected chi connectivity index (χ3v) is 4.26. The highest BCUT2D eigenvalue weighted by Gasteiger charge is 2.29. The van der Waals surface area contributed by atoms with Crippen molar-refractivity contribution in [2.24, 2.45) is 4.99 Å². The largest absolute Gasteiger partial charge is 0.439 e. The number of benzene rings is 2. The molecule has 0 radical (unpaired) electrons. The monoisotopic (exact) mass is 402 g/mol. The first kappa shape index (κ1) is 20.4. The van der Waals surface area contributed by atoms with E-state index in [-0.39, 0.29) is 0 Å². The topological polar surface area (TPSA) is 62.5 Å². The van der Waals surface area contributed by atoms with Gasteiger partial charge in [0.1, 0.15) is 0 Å². The van der Waals surface area contributed by atoms with Gasteiger partial charge in [0, 0.05) is 19.2 Å². The molecule has 0 saturated carbocycles. The molecule has 29 heavy (non-hydrogen) atoms. The van der Waals surface area contributed by atoms with Crippen LogP contribution in [0.25, 0.3) is 11.3 Å². The average molecular weight is 402 g/mol. The smallest absolute Gasteiger partial charge is 0.416 e. The van der Waals surface area contributed by atoms with Gasteiger partial charge >= 0.3 is 6.18 Å². The van der Waals surface area contributed by atoms with Crippen LogP contribution in [0.4, 0.5) is 13.2 Å². The highest BCUT2D eigenvalue weighted by Crippen LogP contribution is 2.29. The minimum atomic E-state index is -4.34. The summed E-state index contributed by atoms with van der Waals surface area (Å²) in [7, 11) is 1.61. The van der Waals surface area contributed by atoms with Crippen LogP contribution in [0.15, 0.2) is 64.1 Å². The van der Waals surface area contributed by atoms with Crippen LogP contribution in [0, 0.1) is 6.92 Å². The van der Waals surface area contributed by atoms with E-state index >= 15 is 0 Å². The van der Waals surface area contributed by atoms with Crippen LogP contribution in [0.5, 0.6) is 0 Å². The highest BCUT2D eigenvalue weighted by atomic mass is 19.4. The van der Waals surface area contributed by atoms with Crippen molar-refractivity contribution in [3.63, 3.8) is 0 Å². The van der Waals surface area contributed by atoms with Gasteiger partial charge in [-0.1, -0.05) is 42.0 Å². The maximum atomic E-state index is 12.6. The van der Waals surface area contributed by atoms with E-state index < -0.39 is 11.7 Å². The van der Waals surface area contributed by atoms with E-state index in [0.717, 1.165) is 23.3 Å². The Kier molecular flexibility index (Phi) is 6.21. The molecule has 0 aliphatic heterocycles. The molecule has 5 nitrogen and oxygen atoms in total. The van der Waals surface area contributed by atoms with Crippen molar-refractivity contribution in [3.8, 4) is 11.3 Å². The Hall–Kier alpha value is -3.29. The zero-order valence-electron chi connectivity index (χ0n) is 16.0. The summed E-state index contributed by atoms with van der Waals surface area (Å²) >= 11 is 0. The molecule has 152 valence electrons. The molecule has 2 aromatic carbocycles. The van der Waals surface area contributed by atoms with Gasteiger partial charge in [-0.25, -0.2) is 4.98 Å². The predicted octanol–water partition coefficient (Wildman–Crippen LogP) is 4.53. The summed E-state index contributed by atoms with van der Waals surface area (Å²) in [6.45, 7) is 2.67. The van der Waals surface area contributed by atoms with Gasteiger partial charge in [-0.15, -0.1) is 0 Å². The summed E-state index contributed by atoms with van der Waals surface area (Å²) in [6, 6.07) is 12.9. The molecule has 0 aliphatic rings. The van der Waals surface area contributed by atoms with Crippen molar-refractivity contribution in [2.45, 2.75) is 26.2 Å². The summed E-state index contributed by atoms with van der Waals surface area (Å²) in [5.74, 6) is 1.66. The van der Waals surface area contributed by atoms with Crippen molar-refractivity contribution >= 4 is 5.96 Å². The van der Waals surface area contributed by atoms with Crippen molar-refractivity contribution in [1.29, 1.82) is 0 Å². The average Bonchev–Trinajstić information content (AvgIpc) is 3.17. The number of nitrogens with one attached hydrogen (secondary N) is 2. The van der Waals surface area contributed by atoms with E-state index in [9.17, 15) is 13.2 Å². The predicted molar refractivity (Wildman–Crippen MR) is 105 cm³/mol. The number of aryl methyl sites for hydroxylation is 1. The molecule has 0 atom stereocenters. The third-order valence-electron chi connectivity index (χ3n) is 4.26. The molecule has 1 heterocycles. The SMILES string of the molecule is CN=C(NCc1ccc(C(F)(F)F)cc1)NCc1ncc(-c2ccc(C)cc2)o1. The molecule has 0 bridgehead atoms. The molecule has 0 spiro atoms. The van der Waals surface area contributed by atoms with Gasteiger partial charge in [0.25, 0.3) is 0 Å². The molecule has 3 aromatic rings. The van der Waals surface area contributed by atoms with Crippen molar-refractivity contribution in [2.75, 3.05) is 7.05 Å². The summed E-state index contributed by atoms with van der Waals surface area (Å²) < 4.78 is 43.6. The number of hydrogen-bond donors (Lipinski definition) is 2. The number of hydrogen-bond acceptors (Lipinski definition) is 3. The van der Waals surface area contributed by atoms with Crippen LogP contribution in [0.3, 0.4) is 0 Å². The second-order valence-corrected chi connectivity index (χ2v) is 6.46. The molecule has 1 aromatic heterocycles. The lowest BCUT2D eigenvalue weighted by Crippen LogP contribution is -2.36. The number of alkyl halides is 3. The molecule has 0 amide bonds. The van der Waals surface area contributed by atoms with Gasteiger partial charge in [-0.3, -0.25) is 4.99 Å². The van der Waals surface area contributed by atoms with Crippen molar-refractivity contribution < 1.29 is 17.6 Å². The Morgan fingerprint density at radius 2 is 1.66 bits per heavy atom. The lowest BCUT2D eigenvalue weighted by molar-refractivity contribution is -0.137. The summed E-state index contributed by atoms with van der Waals surface area (Å²) in [5, 5.41) is 6.12. The maximum Gasteiger partial charge on any atom is 0.416 e. The van der Waals surface area contributed by atoms with Gasteiger partial charge in [-0.2, -0.15) is 13.2 Å². The molecule has 0 aliphatic carbocycles. The molecular weight excluding hydrogens is 381 g/mol. The van der Waals surface area contributed by atoms with Crippen LogP contribution in [0.2, 0.25) is 0 Å². The first-order valence-electron chi connectivity index (χ1n) is 8.97. The lowest BCUT2D eigenvalue weighted by Gasteiger charge is -2.11. The van der Waals surface area contributed by atoms with Gasteiger partial charge in [0.05, 0.1) is 18.3 Å². The summed E-state index contributed by atoms with van der Waals surface area (Å²) in [5.41, 5.74) is 2.15. The van der Waals surface area contributed by atoms with E-state index in [0.29, 0.717) is 36.3 Å². The van der Waals surface area contributed by atoms with E-state index in [4.69, 9.17) is 4.42 Å². The molecular formula is C21H21F3N4O. The molecule has 3 rings (SSSR count). The number of nitrogens with zero attached hydrogens (tertiary/aromatic N) is 2. The first-order valence-corrected chi connectivity index (χ1v) is 8.97. The van der Waals surface area contributed by atoms with Crippen LogP contribution in [0.1, 0.15) is 22.6 Å². The second-order valence-electron chi connectivity index (χ2n) is 6.46. The Morgan fingerprint density at radius 3 is 2.28 bits per heavy atom. The summed E-state index contributed by atoms with van der Waals surface area (Å²) in [6.07, 6.45) is -2.67. The standard InChI is InChI=1S/C21H21F3N4O/c1-14-3-7-16(8-4-14)18-12-26-19(29-18)13-28-20(25-2)27-11-15-5-9-17(10-6-15)21(22,23)24/h3-10,12H,11,13H2,1-2H3,(H2,25,27,28). The lowest BCUT2D eigenvalue weighted by atomic mass is 10.1. The fourth-order valence-electron chi connectivity index (χ4n) is 2.62. The van der Waals surface area contributed by atoms with E-state index in [1.807, 2.05) is 31.2 Å². The Bertz CT molecular complexity index is 961. The fourth-order valence-corrected chi connectivity index (χ4v) is 2.62. The Balaban J connectivity index is 1.52. The van der Waals surface area contributed by atoms with E-state index in [2.05, 4.69) is 20.6 Å². The summed E-state index contributed by atoms with van der Waals surface area (Å²) in [4.78, 5) is 8.35. The molecule has 2 N–H and O–H groups in total. The van der Waals surface area contributed by atoms with Gasteiger partial charge in [0.2, 0.25) is 5.89 Å². The Labute approximate surface area is 166 Å². The zero-order chi connectivity index (χ0) is 20.9. The number of oxazole rings is 1. The molecule has 0 fully saturated rings. The normalized spacial score (nSPS) is 12.1. The van der Waals surface area contributed by atoms with Crippen molar-refractivity contribution in [3.05, 3.63) is 77.3 Å². The van der Waals surface area contributed by atoms with Gasteiger partial charge < -0.3 is 15.1 Å². The van der Waals surface area contributed by atoms with Gasteiger partial charge in [0.15, 0.2) is 11.7 Å². The number of aromatic nitrogens is 1. The number of halogens is 3. The minimum absolute atomic E-state index is 0.318. The number of aliphatic imine (C=N–C) groups is 1. The van der Waals surface area contributed by atoms with Crippen LogP contribution in [-0.4, -0.2) is 18.0 Å². The van der Waals surface area contributed by atoms with Crippen LogP contribution >= 0.6 is 0 Å². The second kappa shape index (κ2) is 8.81. The number of guanidine groups is 1. The van der Waals surface area contributed by atoms with Crippen LogP contribution in [-0.2, 0) is 19.3 Å². The first-order chi connectivity index (χ1) is 13.8. The molecule has 8 heteroatoms. The Morgan fingerprint density at radius 1 is 1.00 bits per heavy atom. The quantitative estimate of drug-likeness (QED) is 0.486. The zero-order valence-corrected chi connectivity index (χ0v) is 16.0. The molecule has 0 saturated heterocycles. The van der Waals surface area contributed by atoms with Gasteiger partial charge in [-0.05, 0) is 24.6 Å². The number of rotatable bonds is 5. The molecule has 0 unspecified atom stereocenters. The highest BCUT2D eigenvalue weighted by molar-refractivity contribution is 5.79. The third kappa shape index (κ3) is 5.60. The fraction of sp³-hybridized carbons (Fsp3) is 0.238. The van der Waals surface area contributed by atoms with E-state index in [1.54, 1.807) is 13.2 Å². The minimum Gasteiger partial charge on any atom is -0.439 e.